The van der Waals surface area contributed by atoms with Crippen molar-refractivity contribution in [3.05, 3.63) is 71.9 Å². The van der Waals surface area contributed by atoms with E-state index in [1.54, 1.807) is 13.8 Å². The number of nitrogens with one attached hydrogen (secondary N) is 6. The average molecular weight is 840 g/mol. The molecule has 0 saturated heterocycles. The number of aromatic nitrogens is 1. The van der Waals surface area contributed by atoms with Crippen molar-refractivity contribution in [2.24, 2.45) is 23.1 Å². The van der Waals surface area contributed by atoms with Crippen molar-refractivity contribution in [1.82, 2.24) is 31.6 Å². The standard InChI is InChI=1S/C41H61N9O6S2/c1-25(2)35(41(56)46-31(36(44)51)17-20-57-3)50-39(54)33(18-21-58-4)48-40(55)34(22-26-12-6-5-7-13-26)49-38(53)32(16-10-11-19-42)47-37(52)29(43)23-27-24-45-30-15-9-8-14-28(27)30/h5-9,12-15,24-25,29,31-35,45H,10-11,16-23,42-43H2,1-4H3,(H2,44,51)(H,46,56)(H,47,52)(H,48,55)(H,49,53)(H,50,54)/t29-,31+,32+,33-,34-,35-/m0/s1. The van der Waals surface area contributed by atoms with Gasteiger partial charge in [0.1, 0.15) is 30.2 Å². The number of rotatable bonds is 26. The predicted molar refractivity (Wildman–Crippen MR) is 233 cm³/mol. The number of unbranched alkanes of at least 4 members (excludes halogenated alkanes) is 1. The number of hydrogen-bond acceptors (Lipinski definition) is 10. The molecule has 0 spiro atoms. The summed E-state index contributed by atoms with van der Waals surface area (Å²) in [5, 5.41) is 14.9. The molecule has 12 N–H and O–H groups in total. The molecule has 6 amide bonds. The molecule has 0 bridgehead atoms. The summed E-state index contributed by atoms with van der Waals surface area (Å²) in [5.41, 5.74) is 20.2. The van der Waals surface area contributed by atoms with Gasteiger partial charge in [0.15, 0.2) is 0 Å². The number of aromatic amines is 1. The van der Waals surface area contributed by atoms with Crippen LogP contribution in [0, 0.1) is 5.92 Å². The zero-order valence-corrected chi connectivity index (χ0v) is 35.5. The maximum atomic E-state index is 14.2. The fourth-order valence-corrected chi connectivity index (χ4v) is 7.29. The third-order valence-electron chi connectivity index (χ3n) is 9.71. The second kappa shape index (κ2) is 25.0. The van der Waals surface area contributed by atoms with Crippen LogP contribution in [0.25, 0.3) is 10.9 Å². The fraction of sp³-hybridized carbons (Fsp3) is 0.512. The van der Waals surface area contributed by atoms with E-state index in [-0.39, 0.29) is 31.6 Å². The molecule has 1 heterocycles. The van der Waals surface area contributed by atoms with Gasteiger partial charge in [-0.05, 0) is 92.2 Å². The summed E-state index contributed by atoms with van der Waals surface area (Å²) in [6.07, 6.45) is 7.81. The van der Waals surface area contributed by atoms with E-state index in [9.17, 15) is 28.8 Å². The molecule has 1 aromatic heterocycles. The lowest BCUT2D eigenvalue weighted by molar-refractivity contribution is -0.135. The Kier molecular flexibility index (Phi) is 20.6. The number of carbonyl (C=O) groups is 6. The molecule has 0 saturated carbocycles. The first-order valence-electron chi connectivity index (χ1n) is 19.6. The molecule has 2 aromatic carbocycles. The Morgan fingerprint density at radius 1 is 0.655 bits per heavy atom. The lowest BCUT2D eigenvalue weighted by Gasteiger charge is -2.28. The van der Waals surface area contributed by atoms with Gasteiger partial charge in [-0.15, -0.1) is 0 Å². The van der Waals surface area contributed by atoms with Gasteiger partial charge in [-0.2, -0.15) is 23.5 Å². The van der Waals surface area contributed by atoms with Crippen LogP contribution in [0.4, 0.5) is 0 Å². The van der Waals surface area contributed by atoms with Gasteiger partial charge in [-0.1, -0.05) is 62.4 Å². The summed E-state index contributed by atoms with van der Waals surface area (Å²) >= 11 is 2.98. The number of hydrogen-bond donors (Lipinski definition) is 9. The summed E-state index contributed by atoms with van der Waals surface area (Å²) < 4.78 is 0. The molecule has 15 nitrogen and oxygen atoms in total. The summed E-state index contributed by atoms with van der Waals surface area (Å²) in [7, 11) is 0. The molecule has 3 rings (SSSR count). The molecule has 17 heteroatoms. The number of para-hydroxylation sites is 1. The highest BCUT2D eigenvalue weighted by molar-refractivity contribution is 7.98. The van der Waals surface area contributed by atoms with E-state index in [1.165, 1.54) is 23.5 Å². The Morgan fingerprint density at radius 3 is 1.84 bits per heavy atom. The minimum absolute atomic E-state index is 0.0837. The zero-order chi connectivity index (χ0) is 42.6. The lowest BCUT2D eigenvalue weighted by Crippen LogP contribution is -2.60. The quantitative estimate of drug-likeness (QED) is 0.0527. The summed E-state index contributed by atoms with van der Waals surface area (Å²) in [6, 6.07) is 10.6. The van der Waals surface area contributed by atoms with Crippen LogP contribution in [0.5, 0.6) is 0 Å². The minimum atomic E-state index is -1.15. The number of amides is 6. The largest absolute Gasteiger partial charge is 0.368 e. The smallest absolute Gasteiger partial charge is 0.243 e. The molecule has 0 aliphatic heterocycles. The van der Waals surface area contributed by atoms with Crippen LogP contribution < -0.4 is 43.8 Å². The highest BCUT2D eigenvalue weighted by Crippen LogP contribution is 2.19. The van der Waals surface area contributed by atoms with E-state index in [4.69, 9.17) is 17.2 Å². The van der Waals surface area contributed by atoms with Gasteiger partial charge in [-0.3, -0.25) is 28.8 Å². The van der Waals surface area contributed by atoms with E-state index >= 15 is 0 Å². The number of thioether (sulfide) groups is 2. The Bertz CT molecular complexity index is 1790. The van der Waals surface area contributed by atoms with Crippen molar-refractivity contribution in [1.29, 1.82) is 0 Å². The average Bonchev–Trinajstić information content (AvgIpc) is 3.61. The van der Waals surface area contributed by atoms with E-state index in [1.807, 2.05) is 73.3 Å². The molecular formula is C41H61N9O6S2. The van der Waals surface area contributed by atoms with Crippen molar-refractivity contribution >= 4 is 69.9 Å². The Labute approximate surface area is 349 Å². The van der Waals surface area contributed by atoms with Gasteiger partial charge in [0.05, 0.1) is 6.04 Å². The molecule has 3 aromatic rings. The van der Waals surface area contributed by atoms with Crippen LogP contribution in [0.1, 0.15) is 57.1 Å². The highest BCUT2D eigenvalue weighted by atomic mass is 32.2. The fourth-order valence-electron chi connectivity index (χ4n) is 6.35. The van der Waals surface area contributed by atoms with E-state index < -0.39 is 71.7 Å². The van der Waals surface area contributed by atoms with Gasteiger partial charge in [0, 0.05) is 23.5 Å². The maximum absolute atomic E-state index is 14.2. The number of nitrogens with two attached hydrogens (primary N) is 3. The summed E-state index contributed by atoms with van der Waals surface area (Å²) in [6.45, 7) is 3.90. The van der Waals surface area contributed by atoms with E-state index in [2.05, 4.69) is 31.6 Å². The molecule has 0 radical (unpaired) electrons. The monoisotopic (exact) mass is 839 g/mol. The number of fused-ring (bicyclic) bond motifs is 1. The summed E-state index contributed by atoms with van der Waals surface area (Å²) in [4.78, 5) is 84.1. The van der Waals surface area contributed by atoms with E-state index in [0.717, 1.165) is 22.0 Å². The molecule has 0 fully saturated rings. The summed E-state index contributed by atoms with van der Waals surface area (Å²) in [5.74, 6) is -2.87. The number of primary amides is 1. The molecule has 0 aliphatic carbocycles. The number of H-pyrrole nitrogens is 1. The van der Waals surface area contributed by atoms with Crippen LogP contribution >= 0.6 is 23.5 Å². The van der Waals surface area contributed by atoms with Crippen LogP contribution in [0.15, 0.2) is 60.8 Å². The molecule has 318 valence electrons. The normalized spacial score (nSPS) is 14.4. The van der Waals surface area contributed by atoms with Crippen molar-refractivity contribution in [2.75, 3.05) is 30.6 Å². The topological polar surface area (TPSA) is 256 Å². The van der Waals surface area contributed by atoms with Crippen LogP contribution in [-0.2, 0) is 41.6 Å². The molecule has 0 unspecified atom stereocenters. The molecule has 6 atom stereocenters. The van der Waals surface area contributed by atoms with E-state index in [0.29, 0.717) is 37.3 Å². The number of benzene rings is 2. The lowest BCUT2D eigenvalue weighted by atomic mass is 10.0. The highest BCUT2D eigenvalue weighted by Gasteiger charge is 2.33. The number of carbonyl (C=O) groups excluding carboxylic acids is 6. The SMILES string of the molecule is CSCC[C@H](NC(=O)[C@H](Cc1ccccc1)NC(=O)[C@@H](CCCCN)NC(=O)[C@@H](N)Cc1c[nH]c2ccccc12)C(=O)N[C@H](C(=O)N[C@H](CCSC)C(N)=O)C(C)C. The molecule has 58 heavy (non-hydrogen) atoms. The second-order valence-electron chi connectivity index (χ2n) is 14.6. The third-order valence-corrected chi connectivity index (χ3v) is 11.0. The van der Waals surface area contributed by atoms with Crippen molar-refractivity contribution in [3.63, 3.8) is 0 Å². The Morgan fingerprint density at radius 2 is 1.21 bits per heavy atom. The van der Waals surface area contributed by atoms with Crippen LogP contribution in [0.3, 0.4) is 0 Å². The Balaban J connectivity index is 1.81. The van der Waals surface area contributed by atoms with Crippen LogP contribution in [0.2, 0.25) is 0 Å². The van der Waals surface area contributed by atoms with Gasteiger partial charge < -0.3 is 48.8 Å². The molecule has 0 aliphatic rings. The third kappa shape index (κ3) is 15.3. The minimum Gasteiger partial charge on any atom is -0.368 e. The van der Waals surface area contributed by atoms with Gasteiger partial charge in [0.2, 0.25) is 35.4 Å². The van der Waals surface area contributed by atoms with Gasteiger partial charge in [0.25, 0.3) is 0 Å². The van der Waals surface area contributed by atoms with Crippen molar-refractivity contribution < 1.29 is 28.8 Å². The maximum Gasteiger partial charge on any atom is 0.243 e. The van der Waals surface area contributed by atoms with Crippen molar-refractivity contribution in [3.8, 4) is 0 Å². The molecular weight excluding hydrogens is 779 g/mol. The first-order valence-corrected chi connectivity index (χ1v) is 22.4. The predicted octanol–water partition coefficient (Wildman–Crippen LogP) is 1.48. The van der Waals surface area contributed by atoms with Gasteiger partial charge >= 0.3 is 0 Å². The van der Waals surface area contributed by atoms with Gasteiger partial charge in [-0.25, -0.2) is 0 Å². The second-order valence-corrected chi connectivity index (χ2v) is 16.6. The van der Waals surface area contributed by atoms with Crippen LogP contribution in [-0.4, -0.2) is 107 Å². The van der Waals surface area contributed by atoms with Crippen molar-refractivity contribution in [2.45, 2.75) is 95.0 Å². The first-order chi connectivity index (χ1) is 27.8. The zero-order valence-electron chi connectivity index (χ0n) is 33.9. The Hall–Kier alpha value is -4.58. The first kappa shape index (κ1) is 47.8.